The third-order valence-electron chi connectivity index (χ3n) is 4.08. The summed E-state index contributed by atoms with van der Waals surface area (Å²) >= 11 is 0. The Morgan fingerprint density at radius 1 is 0.957 bits per heavy atom. The number of unbranched alkanes of at least 4 members (excludes halogenated alkanes) is 2. The van der Waals surface area contributed by atoms with Crippen molar-refractivity contribution in [3.8, 4) is 5.75 Å². The van der Waals surface area contributed by atoms with E-state index in [2.05, 4.69) is 13.8 Å². The van der Waals surface area contributed by atoms with Gasteiger partial charge in [0.05, 0.1) is 5.75 Å². The van der Waals surface area contributed by atoms with Gasteiger partial charge in [-0.15, -0.1) is 0 Å². The van der Waals surface area contributed by atoms with Crippen molar-refractivity contribution in [1.82, 2.24) is 0 Å². The lowest BCUT2D eigenvalue weighted by Crippen LogP contribution is -2.37. The van der Waals surface area contributed by atoms with E-state index in [-0.39, 0.29) is 11.4 Å². The summed E-state index contributed by atoms with van der Waals surface area (Å²) in [6, 6.07) is 9.71. The molecular formula is C18H30O4S. The topological polar surface area (TPSA) is 63.6 Å². The minimum Gasteiger partial charge on any atom is -0.487 e. The third-order valence-corrected chi connectivity index (χ3v) is 4.89. The molecule has 0 saturated carbocycles. The second kappa shape index (κ2) is 9.93. The molecule has 1 aromatic rings. The van der Waals surface area contributed by atoms with Crippen LogP contribution in [0.1, 0.15) is 65.2 Å². The van der Waals surface area contributed by atoms with Gasteiger partial charge in [0, 0.05) is 0 Å². The highest BCUT2D eigenvalue weighted by Gasteiger charge is 2.31. The van der Waals surface area contributed by atoms with E-state index in [1.54, 1.807) is 0 Å². The maximum atomic E-state index is 11.0. The SMILES string of the molecule is CCCCC(CCCC)(CCCS(=O)(=O)O)Oc1ccccc1. The van der Waals surface area contributed by atoms with Crippen LogP contribution in [0.25, 0.3) is 0 Å². The molecule has 0 radical (unpaired) electrons. The summed E-state index contributed by atoms with van der Waals surface area (Å²) in [7, 11) is -3.92. The van der Waals surface area contributed by atoms with Crippen LogP contribution < -0.4 is 4.74 Å². The van der Waals surface area contributed by atoms with Gasteiger partial charge >= 0.3 is 0 Å². The predicted octanol–water partition coefficient (Wildman–Crippen LogP) is 4.85. The van der Waals surface area contributed by atoms with Gasteiger partial charge < -0.3 is 4.74 Å². The smallest absolute Gasteiger partial charge is 0.264 e. The van der Waals surface area contributed by atoms with E-state index in [4.69, 9.17) is 9.29 Å². The van der Waals surface area contributed by atoms with Gasteiger partial charge in [0.15, 0.2) is 0 Å². The lowest BCUT2D eigenvalue weighted by molar-refractivity contribution is 0.0362. The van der Waals surface area contributed by atoms with Crippen LogP contribution in [0, 0.1) is 0 Å². The van der Waals surface area contributed by atoms with Crippen LogP contribution in [0.3, 0.4) is 0 Å². The van der Waals surface area contributed by atoms with Crippen LogP contribution in [0.4, 0.5) is 0 Å². The Labute approximate surface area is 141 Å². The summed E-state index contributed by atoms with van der Waals surface area (Å²) in [5, 5.41) is 0. The molecule has 0 saturated heterocycles. The van der Waals surface area contributed by atoms with Gasteiger partial charge in [-0.2, -0.15) is 8.42 Å². The molecule has 5 heteroatoms. The van der Waals surface area contributed by atoms with Crippen molar-refractivity contribution in [2.24, 2.45) is 0 Å². The first-order valence-electron chi connectivity index (χ1n) is 8.60. The molecule has 0 spiro atoms. The Balaban J connectivity index is 2.87. The molecule has 0 amide bonds. The first kappa shape index (κ1) is 20.0. The highest BCUT2D eigenvalue weighted by atomic mass is 32.2. The van der Waals surface area contributed by atoms with Crippen LogP contribution in [-0.2, 0) is 10.1 Å². The molecule has 1 N–H and O–H groups in total. The summed E-state index contributed by atoms with van der Waals surface area (Å²) in [6.07, 6.45) is 7.11. The minimum absolute atomic E-state index is 0.203. The van der Waals surface area contributed by atoms with Gasteiger partial charge in [0.25, 0.3) is 10.1 Å². The van der Waals surface area contributed by atoms with Crippen LogP contribution in [0.5, 0.6) is 5.75 Å². The first-order valence-corrected chi connectivity index (χ1v) is 10.2. The van der Waals surface area contributed by atoms with E-state index in [0.717, 1.165) is 44.3 Å². The molecule has 23 heavy (non-hydrogen) atoms. The fourth-order valence-electron chi connectivity index (χ4n) is 2.84. The highest BCUT2D eigenvalue weighted by Crippen LogP contribution is 2.33. The zero-order valence-corrected chi connectivity index (χ0v) is 15.1. The van der Waals surface area contributed by atoms with E-state index in [9.17, 15) is 8.42 Å². The lowest BCUT2D eigenvalue weighted by atomic mass is 9.86. The maximum absolute atomic E-state index is 11.0. The summed E-state index contributed by atoms with van der Waals surface area (Å²) in [5.41, 5.74) is -0.349. The molecule has 0 unspecified atom stereocenters. The van der Waals surface area contributed by atoms with Gasteiger partial charge in [-0.3, -0.25) is 4.55 Å². The summed E-state index contributed by atoms with van der Waals surface area (Å²) in [4.78, 5) is 0. The van der Waals surface area contributed by atoms with Crippen molar-refractivity contribution in [1.29, 1.82) is 0 Å². The van der Waals surface area contributed by atoms with E-state index in [0.29, 0.717) is 12.8 Å². The molecule has 0 fully saturated rings. The number of hydrogen-bond acceptors (Lipinski definition) is 3. The zero-order valence-electron chi connectivity index (χ0n) is 14.3. The molecule has 0 aliphatic carbocycles. The zero-order chi connectivity index (χ0) is 17.2. The average molecular weight is 343 g/mol. The van der Waals surface area contributed by atoms with Crippen molar-refractivity contribution in [3.63, 3.8) is 0 Å². The normalized spacial score (nSPS) is 12.3. The summed E-state index contributed by atoms with van der Waals surface area (Å²) in [6.45, 7) is 4.29. The molecule has 0 aliphatic heterocycles. The molecule has 0 atom stereocenters. The Morgan fingerprint density at radius 3 is 1.96 bits per heavy atom. The van der Waals surface area contributed by atoms with Crippen molar-refractivity contribution in [3.05, 3.63) is 30.3 Å². The van der Waals surface area contributed by atoms with Crippen LogP contribution in [-0.4, -0.2) is 24.3 Å². The summed E-state index contributed by atoms with van der Waals surface area (Å²) in [5.74, 6) is 0.622. The molecule has 4 nitrogen and oxygen atoms in total. The molecule has 132 valence electrons. The third kappa shape index (κ3) is 8.37. The molecular weight excluding hydrogens is 312 g/mol. The number of para-hydroxylation sites is 1. The number of ether oxygens (including phenoxy) is 1. The molecule has 1 aromatic carbocycles. The largest absolute Gasteiger partial charge is 0.487 e. The van der Waals surface area contributed by atoms with Crippen LogP contribution in [0.2, 0.25) is 0 Å². The Bertz CT molecular complexity index is 517. The first-order chi connectivity index (χ1) is 10.9. The number of rotatable bonds is 12. The van der Waals surface area contributed by atoms with Crippen molar-refractivity contribution in [2.75, 3.05) is 5.75 Å². The monoisotopic (exact) mass is 342 g/mol. The fourth-order valence-corrected chi connectivity index (χ4v) is 3.35. The van der Waals surface area contributed by atoms with Crippen molar-refractivity contribution >= 4 is 10.1 Å². The Kier molecular flexibility index (Phi) is 8.63. The lowest BCUT2D eigenvalue weighted by Gasteiger charge is -2.35. The highest BCUT2D eigenvalue weighted by molar-refractivity contribution is 7.85. The van der Waals surface area contributed by atoms with E-state index in [1.807, 2.05) is 30.3 Å². The van der Waals surface area contributed by atoms with Crippen molar-refractivity contribution < 1.29 is 17.7 Å². The second-order valence-corrected chi connectivity index (χ2v) is 7.77. The van der Waals surface area contributed by atoms with Crippen molar-refractivity contribution in [2.45, 2.75) is 70.8 Å². The van der Waals surface area contributed by atoms with Gasteiger partial charge in [-0.05, 0) is 50.7 Å². The van der Waals surface area contributed by atoms with Crippen LogP contribution in [0.15, 0.2) is 30.3 Å². The standard InChI is InChI=1S/C18H30O4S/c1-3-5-13-18(14-6-4-2,15-10-16-23(19,20)21)22-17-11-8-7-9-12-17/h7-9,11-12H,3-6,10,13-16H2,1-2H3,(H,19,20,21). The number of benzene rings is 1. The number of hydrogen-bond donors (Lipinski definition) is 1. The molecule has 1 rings (SSSR count). The van der Waals surface area contributed by atoms with E-state index < -0.39 is 10.1 Å². The predicted molar refractivity (Wildman–Crippen MR) is 94.5 cm³/mol. The minimum atomic E-state index is -3.92. The molecule has 0 bridgehead atoms. The van der Waals surface area contributed by atoms with E-state index in [1.165, 1.54) is 0 Å². The maximum Gasteiger partial charge on any atom is 0.264 e. The van der Waals surface area contributed by atoms with Gasteiger partial charge in [0.1, 0.15) is 11.4 Å². The quantitative estimate of drug-likeness (QED) is 0.551. The molecule has 0 aromatic heterocycles. The van der Waals surface area contributed by atoms with Gasteiger partial charge in [-0.25, -0.2) is 0 Å². The van der Waals surface area contributed by atoms with Crippen LogP contribution >= 0.6 is 0 Å². The van der Waals surface area contributed by atoms with Gasteiger partial charge in [-0.1, -0.05) is 44.9 Å². The Hall–Kier alpha value is -1.07. The van der Waals surface area contributed by atoms with E-state index >= 15 is 0 Å². The fraction of sp³-hybridized carbons (Fsp3) is 0.667. The average Bonchev–Trinajstić information content (AvgIpc) is 2.50. The summed E-state index contributed by atoms with van der Waals surface area (Å²) < 4.78 is 37.4. The Morgan fingerprint density at radius 2 is 1.48 bits per heavy atom. The second-order valence-electron chi connectivity index (χ2n) is 6.19. The van der Waals surface area contributed by atoms with Gasteiger partial charge in [0.2, 0.25) is 0 Å². The molecule has 0 aliphatic rings. The molecule has 0 heterocycles.